The Labute approximate surface area is 183 Å². The quantitative estimate of drug-likeness (QED) is 0.487. The third-order valence-corrected chi connectivity index (χ3v) is 6.68. The van der Waals surface area contributed by atoms with Gasteiger partial charge in [0.2, 0.25) is 17.7 Å². The first-order valence-corrected chi connectivity index (χ1v) is 11.8. The molecule has 3 aromatic rings. The van der Waals surface area contributed by atoms with E-state index in [2.05, 4.69) is 55.7 Å². The second-order valence-electron chi connectivity index (χ2n) is 7.71. The van der Waals surface area contributed by atoms with Gasteiger partial charge in [-0.3, -0.25) is 4.79 Å². The van der Waals surface area contributed by atoms with Crippen LogP contribution in [0.3, 0.4) is 0 Å². The van der Waals surface area contributed by atoms with Crippen LogP contribution >= 0.6 is 27.3 Å². The van der Waals surface area contributed by atoms with Gasteiger partial charge in [0, 0.05) is 33.8 Å². The summed E-state index contributed by atoms with van der Waals surface area (Å²) in [6.45, 7) is 0. The average Bonchev–Trinajstić information content (AvgIpc) is 3.41. The summed E-state index contributed by atoms with van der Waals surface area (Å²) in [6, 6.07) is 10.3. The summed E-state index contributed by atoms with van der Waals surface area (Å²) in [5.74, 6) is 1.08. The first kappa shape index (κ1) is 20.3. The fourth-order valence-corrected chi connectivity index (χ4v) is 4.90. The Morgan fingerprint density at radius 2 is 1.93 bits per heavy atom. The molecule has 1 aliphatic carbocycles. The molecule has 2 heterocycles. The first-order chi connectivity index (χ1) is 14.1. The highest BCUT2D eigenvalue weighted by molar-refractivity contribution is 9.10. The maximum atomic E-state index is 12.8. The lowest BCUT2D eigenvalue weighted by Crippen LogP contribution is -2.51. The Kier molecular flexibility index (Phi) is 6.45. The van der Waals surface area contributed by atoms with Gasteiger partial charge in [-0.05, 0) is 48.4 Å². The second kappa shape index (κ2) is 9.22. The molecule has 1 N–H and O–H groups in total. The van der Waals surface area contributed by atoms with E-state index in [0.29, 0.717) is 24.6 Å². The number of carbonyl (C=O) groups is 1. The number of aryl methyl sites for hydroxylation is 1. The van der Waals surface area contributed by atoms with Gasteiger partial charge in [0.1, 0.15) is 0 Å². The summed E-state index contributed by atoms with van der Waals surface area (Å²) in [4.78, 5) is 12.8. The van der Waals surface area contributed by atoms with Crippen LogP contribution in [0.5, 0.6) is 0 Å². The molecular weight excluding hydrogens is 450 g/mol. The zero-order valence-electron chi connectivity index (χ0n) is 16.2. The standard InChI is InChI=1S/C22H24BrN3O2S/c23-18-6-4-16(5-7-18)14-22(11-2-1-3-12-22)24-19(27)8-9-20-25-26-21(28-20)17-10-13-29-15-17/h4-7,10,13,15H,1-3,8-9,11-12,14H2,(H,24,27). The fourth-order valence-electron chi connectivity index (χ4n) is 4.00. The van der Waals surface area contributed by atoms with Crippen molar-refractivity contribution in [3.05, 3.63) is 57.0 Å². The zero-order chi connectivity index (χ0) is 20.1. The number of benzene rings is 1. The van der Waals surface area contributed by atoms with E-state index in [9.17, 15) is 4.79 Å². The van der Waals surface area contributed by atoms with Crippen LogP contribution in [-0.2, 0) is 17.6 Å². The molecule has 1 aromatic carbocycles. The predicted octanol–water partition coefficient (Wildman–Crippen LogP) is 5.56. The van der Waals surface area contributed by atoms with Crippen molar-refractivity contribution >= 4 is 33.2 Å². The van der Waals surface area contributed by atoms with Gasteiger partial charge in [-0.2, -0.15) is 11.3 Å². The van der Waals surface area contributed by atoms with Gasteiger partial charge in [-0.25, -0.2) is 0 Å². The Bertz CT molecular complexity index is 931. The number of thiophene rings is 1. The van der Waals surface area contributed by atoms with E-state index in [4.69, 9.17) is 4.42 Å². The van der Waals surface area contributed by atoms with Gasteiger partial charge in [-0.15, -0.1) is 10.2 Å². The van der Waals surface area contributed by atoms with Crippen LogP contribution < -0.4 is 5.32 Å². The van der Waals surface area contributed by atoms with Gasteiger partial charge in [-0.1, -0.05) is 47.3 Å². The highest BCUT2D eigenvalue weighted by atomic mass is 79.9. The molecule has 0 atom stereocenters. The zero-order valence-corrected chi connectivity index (χ0v) is 18.6. The van der Waals surface area contributed by atoms with Crippen molar-refractivity contribution < 1.29 is 9.21 Å². The lowest BCUT2D eigenvalue weighted by atomic mass is 9.77. The van der Waals surface area contributed by atoms with E-state index in [-0.39, 0.29) is 11.4 Å². The molecule has 5 nitrogen and oxygen atoms in total. The fraction of sp³-hybridized carbons (Fsp3) is 0.409. The molecule has 2 aromatic heterocycles. The molecular formula is C22H24BrN3O2S. The highest BCUT2D eigenvalue weighted by Crippen LogP contribution is 2.32. The number of amides is 1. The number of carbonyl (C=O) groups excluding carboxylic acids is 1. The van der Waals surface area contributed by atoms with E-state index >= 15 is 0 Å². The van der Waals surface area contributed by atoms with Crippen molar-refractivity contribution in [1.82, 2.24) is 15.5 Å². The third kappa shape index (κ3) is 5.34. The van der Waals surface area contributed by atoms with E-state index in [0.717, 1.165) is 42.1 Å². The molecule has 152 valence electrons. The Balaban J connectivity index is 1.37. The topological polar surface area (TPSA) is 68.0 Å². The molecule has 0 aliphatic heterocycles. The van der Waals surface area contributed by atoms with Gasteiger partial charge >= 0.3 is 0 Å². The summed E-state index contributed by atoms with van der Waals surface area (Å²) in [7, 11) is 0. The van der Waals surface area contributed by atoms with Crippen molar-refractivity contribution in [3.63, 3.8) is 0 Å². The normalized spacial score (nSPS) is 15.9. The average molecular weight is 474 g/mol. The number of halogens is 1. The van der Waals surface area contributed by atoms with Crippen LogP contribution in [0.25, 0.3) is 11.5 Å². The summed E-state index contributed by atoms with van der Waals surface area (Å²) in [5.41, 5.74) is 2.03. The Morgan fingerprint density at radius 1 is 1.14 bits per heavy atom. The van der Waals surface area contributed by atoms with Gasteiger partial charge in [0.25, 0.3) is 0 Å². The minimum atomic E-state index is -0.153. The SMILES string of the molecule is O=C(CCc1nnc(-c2ccsc2)o1)NC1(Cc2ccc(Br)cc2)CCCCC1. The lowest BCUT2D eigenvalue weighted by Gasteiger charge is -2.38. The number of nitrogens with one attached hydrogen (secondary N) is 1. The molecule has 1 fully saturated rings. The van der Waals surface area contributed by atoms with Crippen LogP contribution in [0.1, 0.15) is 50.0 Å². The number of nitrogens with zero attached hydrogens (tertiary/aromatic N) is 2. The second-order valence-corrected chi connectivity index (χ2v) is 9.40. The molecule has 0 radical (unpaired) electrons. The molecule has 1 aliphatic rings. The number of rotatable bonds is 7. The Hall–Kier alpha value is -1.99. The smallest absolute Gasteiger partial charge is 0.248 e. The maximum absolute atomic E-state index is 12.8. The molecule has 1 saturated carbocycles. The molecule has 1 amide bonds. The molecule has 0 spiro atoms. The molecule has 0 saturated heterocycles. The van der Waals surface area contributed by atoms with Gasteiger partial charge in [0.15, 0.2) is 0 Å². The van der Waals surface area contributed by atoms with E-state index in [1.165, 1.54) is 12.0 Å². The lowest BCUT2D eigenvalue weighted by molar-refractivity contribution is -0.123. The monoisotopic (exact) mass is 473 g/mol. The van der Waals surface area contributed by atoms with Gasteiger partial charge < -0.3 is 9.73 Å². The first-order valence-electron chi connectivity index (χ1n) is 10.0. The van der Waals surface area contributed by atoms with Crippen LogP contribution in [0.15, 0.2) is 50.0 Å². The van der Waals surface area contributed by atoms with Crippen molar-refractivity contribution in [1.29, 1.82) is 0 Å². The highest BCUT2D eigenvalue weighted by Gasteiger charge is 2.33. The number of aromatic nitrogens is 2. The maximum Gasteiger partial charge on any atom is 0.248 e. The van der Waals surface area contributed by atoms with Crippen LogP contribution in [0, 0.1) is 0 Å². The van der Waals surface area contributed by atoms with Crippen molar-refractivity contribution in [2.45, 2.75) is 56.9 Å². The van der Waals surface area contributed by atoms with Crippen molar-refractivity contribution in [2.24, 2.45) is 0 Å². The Morgan fingerprint density at radius 3 is 2.66 bits per heavy atom. The summed E-state index contributed by atoms with van der Waals surface area (Å²) in [5, 5.41) is 15.5. The van der Waals surface area contributed by atoms with E-state index in [1.807, 2.05) is 16.8 Å². The van der Waals surface area contributed by atoms with Crippen molar-refractivity contribution in [2.75, 3.05) is 0 Å². The third-order valence-electron chi connectivity index (χ3n) is 5.47. The largest absolute Gasteiger partial charge is 0.421 e. The molecule has 0 unspecified atom stereocenters. The summed E-state index contributed by atoms with van der Waals surface area (Å²) < 4.78 is 6.77. The predicted molar refractivity (Wildman–Crippen MR) is 118 cm³/mol. The van der Waals surface area contributed by atoms with Crippen LogP contribution in [0.2, 0.25) is 0 Å². The number of hydrogen-bond donors (Lipinski definition) is 1. The summed E-state index contributed by atoms with van der Waals surface area (Å²) >= 11 is 5.08. The minimum absolute atomic E-state index is 0.0549. The van der Waals surface area contributed by atoms with Gasteiger partial charge in [0.05, 0.1) is 0 Å². The minimum Gasteiger partial charge on any atom is -0.421 e. The van der Waals surface area contributed by atoms with E-state index in [1.54, 1.807) is 11.3 Å². The van der Waals surface area contributed by atoms with E-state index < -0.39 is 0 Å². The summed E-state index contributed by atoms with van der Waals surface area (Å²) in [6.07, 6.45) is 7.29. The number of hydrogen-bond acceptors (Lipinski definition) is 5. The molecule has 0 bridgehead atoms. The molecule has 4 rings (SSSR count). The van der Waals surface area contributed by atoms with Crippen LogP contribution in [-0.4, -0.2) is 21.6 Å². The van der Waals surface area contributed by atoms with Crippen molar-refractivity contribution in [3.8, 4) is 11.5 Å². The molecule has 7 heteroatoms. The molecule has 29 heavy (non-hydrogen) atoms. The van der Waals surface area contributed by atoms with Crippen LogP contribution in [0.4, 0.5) is 0 Å².